The maximum absolute atomic E-state index is 11.5. The standard InChI is InChI=1S/C12H22N4O/c1-9(2)15-12(4,11(13)17)6-8-16-10(3)5-7-14-16/h5,7,9,15H,6,8H2,1-4H3,(H2,13,17). The van der Waals surface area contributed by atoms with E-state index in [0.717, 1.165) is 5.69 Å². The Kier molecular flexibility index (Phi) is 4.28. The van der Waals surface area contributed by atoms with Gasteiger partial charge in [-0.25, -0.2) is 0 Å². The van der Waals surface area contributed by atoms with Gasteiger partial charge in [0.15, 0.2) is 0 Å². The molecule has 0 saturated carbocycles. The average Bonchev–Trinajstić information content (AvgIpc) is 2.60. The summed E-state index contributed by atoms with van der Waals surface area (Å²) in [4.78, 5) is 11.5. The highest BCUT2D eigenvalue weighted by molar-refractivity contribution is 5.84. The Balaban J connectivity index is 2.68. The molecule has 5 heteroatoms. The van der Waals surface area contributed by atoms with Crippen LogP contribution in [0, 0.1) is 6.92 Å². The van der Waals surface area contributed by atoms with Gasteiger partial charge in [0.25, 0.3) is 0 Å². The minimum absolute atomic E-state index is 0.214. The van der Waals surface area contributed by atoms with Crippen LogP contribution < -0.4 is 11.1 Å². The zero-order valence-electron chi connectivity index (χ0n) is 11.0. The second-order valence-electron chi connectivity index (χ2n) is 4.94. The molecule has 1 amide bonds. The number of carbonyl (C=O) groups excluding carboxylic acids is 1. The third kappa shape index (κ3) is 3.56. The zero-order valence-corrected chi connectivity index (χ0v) is 11.0. The van der Waals surface area contributed by atoms with E-state index in [2.05, 4.69) is 10.4 Å². The Bertz CT molecular complexity index is 386. The molecule has 1 unspecified atom stereocenters. The highest BCUT2D eigenvalue weighted by Crippen LogP contribution is 2.12. The second kappa shape index (κ2) is 5.31. The second-order valence-corrected chi connectivity index (χ2v) is 4.94. The van der Waals surface area contributed by atoms with Gasteiger partial charge in [-0.3, -0.25) is 9.48 Å². The maximum Gasteiger partial charge on any atom is 0.237 e. The van der Waals surface area contributed by atoms with E-state index < -0.39 is 5.54 Å². The molecular formula is C12H22N4O. The number of aromatic nitrogens is 2. The molecule has 0 radical (unpaired) electrons. The molecule has 0 aliphatic rings. The summed E-state index contributed by atoms with van der Waals surface area (Å²) in [6.07, 6.45) is 2.38. The number of rotatable bonds is 6. The SMILES string of the molecule is Cc1ccnn1CCC(C)(NC(C)C)C(N)=O. The quantitative estimate of drug-likeness (QED) is 0.770. The van der Waals surface area contributed by atoms with Crippen LogP contribution in [0.4, 0.5) is 0 Å². The predicted octanol–water partition coefficient (Wildman–Crippen LogP) is 0.824. The van der Waals surface area contributed by atoms with Gasteiger partial charge in [-0.15, -0.1) is 0 Å². The first-order valence-electron chi connectivity index (χ1n) is 5.91. The van der Waals surface area contributed by atoms with Gasteiger partial charge in [0, 0.05) is 24.5 Å². The summed E-state index contributed by atoms with van der Waals surface area (Å²) < 4.78 is 1.88. The lowest BCUT2D eigenvalue weighted by Gasteiger charge is -2.30. The topological polar surface area (TPSA) is 72.9 Å². The number of nitrogens with one attached hydrogen (secondary N) is 1. The van der Waals surface area contributed by atoms with Crippen LogP contribution in [-0.4, -0.2) is 27.3 Å². The van der Waals surface area contributed by atoms with Crippen LogP contribution in [0.5, 0.6) is 0 Å². The van der Waals surface area contributed by atoms with Gasteiger partial charge in [-0.2, -0.15) is 5.10 Å². The van der Waals surface area contributed by atoms with Crippen LogP contribution in [0.25, 0.3) is 0 Å². The molecule has 0 saturated heterocycles. The zero-order chi connectivity index (χ0) is 13.1. The van der Waals surface area contributed by atoms with Crippen LogP contribution in [0.3, 0.4) is 0 Å². The highest BCUT2D eigenvalue weighted by Gasteiger charge is 2.31. The van der Waals surface area contributed by atoms with Crippen molar-refractivity contribution in [3.05, 3.63) is 18.0 Å². The molecule has 96 valence electrons. The van der Waals surface area contributed by atoms with Crippen LogP contribution in [0.2, 0.25) is 0 Å². The van der Waals surface area contributed by atoms with Crippen molar-refractivity contribution in [3.8, 4) is 0 Å². The first kappa shape index (κ1) is 13.7. The van der Waals surface area contributed by atoms with E-state index in [1.807, 2.05) is 38.4 Å². The van der Waals surface area contributed by atoms with Crippen molar-refractivity contribution in [2.75, 3.05) is 0 Å². The summed E-state index contributed by atoms with van der Waals surface area (Å²) in [5, 5.41) is 7.42. The first-order chi connectivity index (χ1) is 7.85. The molecule has 3 N–H and O–H groups in total. The molecular weight excluding hydrogens is 216 g/mol. The molecule has 0 aromatic carbocycles. The van der Waals surface area contributed by atoms with Gasteiger partial charge >= 0.3 is 0 Å². The molecule has 1 aromatic rings. The molecule has 1 aromatic heterocycles. The van der Waals surface area contributed by atoms with Gasteiger partial charge in [-0.05, 0) is 40.2 Å². The lowest BCUT2D eigenvalue weighted by molar-refractivity contribution is -0.124. The van der Waals surface area contributed by atoms with Gasteiger partial charge in [0.05, 0.1) is 5.54 Å². The normalized spacial score (nSPS) is 14.9. The third-order valence-corrected chi connectivity index (χ3v) is 2.90. The molecule has 5 nitrogen and oxygen atoms in total. The number of aryl methyl sites for hydroxylation is 2. The average molecular weight is 238 g/mol. The number of nitrogens with two attached hydrogens (primary N) is 1. The molecule has 0 bridgehead atoms. The van der Waals surface area contributed by atoms with Crippen LogP contribution in [0.15, 0.2) is 12.3 Å². The van der Waals surface area contributed by atoms with Crippen molar-refractivity contribution >= 4 is 5.91 Å². The molecule has 0 spiro atoms. The van der Waals surface area contributed by atoms with Crippen LogP contribution >= 0.6 is 0 Å². The highest BCUT2D eigenvalue weighted by atomic mass is 16.1. The van der Waals surface area contributed by atoms with E-state index in [4.69, 9.17) is 5.73 Å². The molecule has 1 atom stereocenters. The lowest BCUT2D eigenvalue weighted by atomic mass is 9.96. The fourth-order valence-corrected chi connectivity index (χ4v) is 1.87. The van der Waals surface area contributed by atoms with Crippen LogP contribution in [0.1, 0.15) is 32.9 Å². The van der Waals surface area contributed by atoms with Crippen molar-refractivity contribution in [3.63, 3.8) is 0 Å². The van der Waals surface area contributed by atoms with E-state index in [1.165, 1.54) is 0 Å². The number of carbonyl (C=O) groups is 1. The van der Waals surface area contributed by atoms with E-state index in [1.54, 1.807) is 6.20 Å². The molecule has 1 heterocycles. The molecule has 0 fully saturated rings. The summed E-state index contributed by atoms with van der Waals surface area (Å²) in [6, 6.07) is 2.16. The van der Waals surface area contributed by atoms with Crippen LogP contribution in [-0.2, 0) is 11.3 Å². The molecule has 0 aliphatic heterocycles. The summed E-state index contributed by atoms with van der Waals surface area (Å²) in [6.45, 7) is 8.51. The van der Waals surface area contributed by atoms with Crippen molar-refractivity contribution in [2.24, 2.45) is 5.73 Å². The minimum atomic E-state index is -0.688. The maximum atomic E-state index is 11.5. The van der Waals surface area contributed by atoms with Gasteiger partial charge in [0.1, 0.15) is 0 Å². The van der Waals surface area contributed by atoms with Crippen molar-refractivity contribution < 1.29 is 4.79 Å². The fourth-order valence-electron chi connectivity index (χ4n) is 1.87. The Morgan fingerprint density at radius 2 is 2.29 bits per heavy atom. The fraction of sp³-hybridized carbons (Fsp3) is 0.667. The number of hydrogen-bond donors (Lipinski definition) is 2. The summed E-state index contributed by atoms with van der Waals surface area (Å²) in [7, 11) is 0. The van der Waals surface area contributed by atoms with Gasteiger partial charge < -0.3 is 11.1 Å². The third-order valence-electron chi connectivity index (χ3n) is 2.90. The van der Waals surface area contributed by atoms with Gasteiger partial charge in [0.2, 0.25) is 5.91 Å². The summed E-state index contributed by atoms with van der Waals surface area (Å²) in [5.74, 6) is -0.323. The van der Waals surface area contributed by atoms with Gasteiger partial charge in [-0.1, -0.05) is 0 Å². The van der Waals surface area contributed by atoms with Crippen molar-refractivity contribution in [1.29, 1.82) is 0 Å². The summed E-state index contributed by atoms with van der Waals surface area (Å²) >= 11 is 0. The molecule has 1 rings (SSSR count). The number of nitrogens with zero attached hydrogens (tertiary/aromatic N) is 2. The van der Waals surface area contributed by atoms with E-state index in [0.29, 0.717) is 13.0 Å². The Labute approximate surface area is 102 Å². The van der Waals surface area contributed by atoms with Crippen molar-refractivity contribution in [2.45, 2.75) is 52.2 Å². The van der Waals surface area contributed by atoms with E-state index in [-0.39, 0.29) is 11.9 Å². The summed E-state index contributed by atoms with van der Waals surface area (Å²) in [5.41, 5.74) is 5.86. The lowest BCUT2D eigenvalue weighted by Crippen LogP contribution is -2.56. The van der Waals surface area contributed by atoms with E-state index >= 15 is 0 Å². The minimum Gasteiger partial charge on any atom is -0.368 e. The smallest absolute Gasteiger partial charge is 0.237 e. The van der Waals surface area contributed by atoms with Crippen molar-refractivity contribution in [1.82, 2.24) is 15.1 Å². The first-order valence-corrected chi connectivity index (χ1v) is 5.91. The number of amides is 1. The Morgan fingerprint density at radius 1 is 1.65 bits per heavy atom. The monoisotopic (exact) mass is 238 g/mol. The molecule has 17 heavy (non-hydrogen) atoms. The Hall–Kier alpha value is -1.36. The predicted molar refractivity (Wildman–Crippen MR) is 67.5 cm³/mol. The largest absolute Gasteiger partial charge is 0.368 e. The number of hydrogen-bond acceptors (Lipinski definition) is 3. The number of primary amides is 1. The molecule has 0 aliphatic carbocycles. The Morgan fingerprint density at radius 3 is 2.71 bits per heavy atom. The van der Waals surface area contributed by atoms with E-state index in [9.17, 15) is 4.79 Å².